The summed E-state index contributed by atoms with van der Waals surface area (Å²) in [6.07, 6.45) is 4.55. The van der Waals surface area contributed by atoms with Crippen LogP contribution in [-0.2, 0) is 27.8 Å². The van der Waals surface area contributed by atoms with Crippen LogP contribution in [0, 0.1) is 0 Å². The molecule has 1 aliphatic rings. The lowest BCUT2D eigenvalue weighted by molar-refractivity contribution is -0.116. The number of methoxy groups -OCH3 is 1. The molecule has 8 nitrogen and oxygen atoms in total. The number of nitrogens with zero attached hydrogens (tertiary/aromatic N) is 3. The van der Waals surface area contributed by atoms with E-state index in [4.69, 9.17) is 9.72 Å². The summed E-state index contributed by atoms with van der Waals surface area (Å²) in [5, 5.41) is 2.90. The number of ether oxygens (including phenoxy) is 1. The number of aryl methyl sites for hydroxylation is 2. The minimum absolute atomic E-state index is 0.100. The Hall–Kier alpha value is -2.91. The van der Waals surface area contributed by atoms with Crippen molar-refractivity contribution in [3.63, 3.8) is 0 Å². The molecule has 2 heterocycles. The highest BCUT2D eigenvalue weighted by atomic mass is 32.2. The molecule has 1 N–H and O–H groups in total. The van der Waals surface area contributed by atoms with E-state index in [-0.39, 0.29) is 17.2 Å². The first kappa shape index (κ1) is 24.2. The number of amides is 1. The van der Waals surface area contributed by atoms with E-state index >= 15 is 0 Å². The number of hydrogen-bond acceptors (Lipinski definition) is 5. The largest absolute Gasteiger partial charge is 0.497 e. The Morgan fingerprint density at radius 3 is 2.53 bits per heavy atom. The third kappa shape index (κ3) is 5.26. The van der Waals surface area contributed by atoms with Crippen molar-refractivity contribution >= 4 is 32.7 Å². The predicted octanol–water partition coefficient (Wildman–Crippen LogP) is 4.20. The molecule has 9 heteroatoms. The number of imidazole rings is 1. The first-order chi connectivity index (χ1) is 16.4. The van der Waals surface area contributed by atoms with Crippen molar-refractivity contribution < 1.29 is 17.9 Å². The minimum Gasteiger partial charge on any atom is -0.497 e. The zero-order chi connectivity index (χ0) is 24.1. The lowest BCUT2D eigenvalue weighted by Crippen LogP contribution is -2.27. The van der Waals surface area contributed by atoms with Gasteiger partial charge in [0.05, 0.1) is 23.0 Å². The van der Waals surface area contributed by atoms with Gasteiger partial charge in [0.25, 0.3) is 0 Å². The van der Waals surface area contributed by atoms with Gasteiger partial charge in [-0.15, -0.1) is 0 Å². The molecule has 3 aromatic rings. The normalized spacial score (nSPS) is 14.5. The average Bonchev–Trinajstić information content (AvgIpc) is 3.50. The Kier molecular flexibility index (Phi) is 7.53. The van der Waals surface area contributed by atoms with Crippen molar-refractivity contribution in [2.45, 2.75) is 56.9 Å². The number of nitrogens with one attached hydrogen (secondary N) is 1. The predicted molar refractivity (Wildman–Crippen MR) is 133 cm³/mol. The number of benzene rings is 2. The van der Waals surface area contributed by atoms with Gasteiger partial charge in [-0.05, 0) is 61.7 Å². The molecule has 34 heavy (non-hydrogen) atoms. The van der Waals surface area contributed by atoms with Gasteiger partial charge in [-0.1, -0.05) is 13.3 Å². The summed E-state index contributed by atoms with van der Waals surface area (Å²) >= 11 is 0. The van der Waals surface area contributed by atoms with Crippen LogP contribution in [0.25, 0.3) is 11.0 Å². The van der Waals surface area contributed by atoms with E-state index in [1.54, 1.807) is 47.8 Å². The van der Waals surface area contributed by atoms with E-state index in [2.05, 4.69) is 16.8 Å². The smallest absolute Gasteiger partial charge is 0.243 e. The number of fused-ring (bicyclic) bond motifs is 1. The molecule has 0 atom stereocenters. The van der Waals surface area contributed by atoms with Crippen molar-refractivity contribution in [3.8, 4) is 5.75 Å². The highest BCUT2D eigenvalue weighted by molar-refractivity contribution is 7.89. The van der Waals surface area contributed by atoms with E-state index in [0.29, 0.717) is 30.7 Å². The molecule has 1 aromatic heterocycles. The number of sulfonamides is 1. The second-order valence-electron chi connectivity index (χ2n) is 8.57. The molecule has 1 fully saturated rings. The quantitative estimate of drug-likeness (QED) is 0.465. The van der Waals surface area contributed by atoms with Crippen LogP contribution in [0.5, 0.6) is 5.75 Å². The van der Waals surface area contributed by atoms with Crippen LogP contribution in [0.3, 0.4) is 0 Å². The Bertz CT molecular complexity index is 1250. The number of hydrogen-bond donors (Lipinski definition) is 1. The van der Waals surface area contributed by atoms with Crippen LogP contribution in [0.1, 0.15) is 44.9 Å². The molecule has 1 saturated heterocycles. The van der Waals surface area contributed by atoms with Crippen molar-refractivity contribution in [1.82, 2.24) is 13.9 Å². The number of anilines is 1. The molecular formula is C25H32N4O4S. The van der Waals surface area contributed by atoms with Crippen LogP contribution in [-0.4, -0.2) is 48.4 Å². The SMILES string of the molecule is CCCCn1c(CCC(=O)Nc2ccc(OC)cc2)nc2cc(S(=O)(=O)N3CCCC3)ccc21. The van der Waals surface area contributed by atoms with Gasteiger partial charge in [-0.25, -0.2) is 13.4 Å². The van der Waals surface area contributed by atoms with Crippen molar-refractivity contribution in [1.29, 1.82) is 0 Å². The molecule has 0 aliphatic carbocycles. The van der Waals surface area contributed by atoms with Crippen LogP contribution in [0.15, 0.2) is 47.4 Å². The summed E-state index contributed by atoms with van der Waals surface area (Å²) in [4.78, 5) is 17.6. The average molecular weight is 485 g/mol. The summed E-state index contributed by atoms with van der Waals surface area (Å²) in [5.74, 6) is 1.43. The molecule has 0 spiro atoms. The van der Waals surface area contributed by atoms with E-state index in [0.717, 1.165) is 49.3 Å². The number of aromatic nitrogens is 2. The van der Waals surface area contributed by atoms with Gasteiger partial charge in [0.15, 0.2) is 0 Å². The Morgan fingerprint density at radius 2 is 1.85 bits per heavy atom. The fourth-order valence-corrected chi connectivity index (χ4v) is 5.81. The molecule has 4 rings (SSSR count). The third-order valence-electron chi connectivity index (χ3n) is 6.19. The first-order valence-corrected chi connectivity index (χ1v) is 13.3. The van der Waals surface area contributed by atoms with Crippen LogP contribution < -0.4 is 10.1 Å². The zero-order valence-corrected chi connectivity index (χ0v) is 20.6. The Labute approximate surface area is 201 Å². The number of carbonyl (C=O) groups excluding carboxylic acids is 1. The van der Waals surface area contributed by atoms with E-state index in [1.165, 1.54) is 0 Å². The molecule has 0 radical (unpaired) electrons. The summed E-state index contributed by atoms with van der Waals surface area (Å²) in [5.41, 5.74) is 2.27. The second-order valence-corrected chi connectivity index (χ2v) is 10.5. The van der Waals surface area contributed by atoms with Gasteiger partial charge in [-0.2, -0.15) is 4.31 Å². The number of carbonyl (C=O) groups is 1. The molecule has 0 saturated carbocycles. The Balaban J connectivity index is 1.53. The van der Waals surface area contributed by atoms with Crippen LogP contribution >= 0.6 is 0 Å². The maximum Gasteiger partial charge on any atom is 0.243 e. The standard InChI is InChI=1S/C25H32N4O4S/c1-3-4-17-29-23-12-11-21(34(31,32)28-15-5-6-16-28)18-22(23)27-24(29)13-14-25(30)26-19-7-9-20(33-2)10-8-19/h7-12,18H,3-6,13-17H2,1-2H3,(H,26,30). The van der Waals surface area contributed by atoms with Crippen LogP contribution in [0.2, 0.25) is 0 Å². The molecule has 0 bridgehead atoms. The summed E-state index contributed by atoms with van der Waals surface area (Å²) in [6, 6.07) is 12.4. The van der Waals surface area contributed by atoms with Crippen molar-refractivity contribution in [3.05, 3.63) is 48.3 Å². The molecule has 1 amide bonds. The van der Waals surface area contributed by atoms with E-state index < -0.39 is 10.0 Å². The third-order valence-corrected chi connectivity index (χ3v) is 8.08. The van der Waals surface area contributed by atoms with Crippen LogP contribution in [0.4, 0.5) is 5.69 Å². The minimum atomic E-state index is -3.51. The Morgan fingerprint density at radius 1 is 1.12 bits per heavy atom. The second kappa shape index (κ2) is 10.6. The van der Waals surface area contributed by atoms with Gasteiger partial charge in [0, 0.05) is 38.2 Å². The highest BCUT2D eigenvalue weighted by Gasteiger charge is 2.28. The van der Waals surface area contributed by atoms with Gasteiger partial charge in [-0.3, -0.25) is 4.79 Å². The molecule has 182 valence electrons. The monoisotopic (exact) mass is 484 g/mol. The van der Waals surface area contributed by atoms with E-state index in [9.17, 15) is 13.2 Å². The van der Waals surface area contributed by atoms with Gasteiger partial charge >= 0.3 is 0 Å². The van der Waals surface area contributed by atoms with E-state index in [1.807, 2.05) is 6.07 Å². The van der Waals surface area contributed by atoms with Crippen molar-refractivity contribution in [2.75, 3.05) is 25.5 Å². The summed E-state index contributed by atoms with van der Waals surface area (Å²) in [6.45, 7) is 4.04. The molecule has 2 aromatic carbocycles. The molecular weight excluding hydrogens is 452 g/mol. The zero-order valence-electron chi connectivity index (χ0n) is 19.8. The summed E-state index contributed by atoms with van der Waals surface area (Å²) in [7, 11) is -1.90. The lowest BCUT2D eigenvalue weighted by atomic mass is 10.2. The molecule has 0 unspecified atom stereocenters. The lowest BCUT2D eigenvalue weighted by Gasteiger charge is -2.15. The van der Waals surface area contributed by atoms with Gasteiger partial charge < -0.3 is 14.6 Å². The maximum atomic E-state index is 13.0. The van der Waals surface area contributed by atoms with Gasteiger partial charge in [0.1, 0.15) is 11.6 Å². The summed E-state index contributed by atoms with van der Waals surface area (Å²) < 4.78 is 34.8. The number of unbranched alkanes of at least 4 members (excludes halogenated alkanes) is 1. The maximum absolute atomic E-state index is 13.0. The molecule has 1 aliphatic heterocycles. The fourth-order valence-electron chi connectivity index (χ4n) is 4.28. The van der Waals surface area contributed by atoms with Gasteiger partial charge in [0.2, 0.25) is 15.9 Å². The highest BCUT2D eigenvalue weighted by Crippen LogP contribution is 2.26. The van der Waals surface area contributed by atoms with Crippen molar-refractivity contribution in [2.24, 2.45) is 0 Å². The number of rotatable bonds is 10. The first-order valence-electron chi connectivity index (χ1n) is 11.9. The fraction of sp³-hybridized carbons (Fsp3) is 0.440. The topological polar surface area (TPSA) is 93.5 Å².